The van der Waals surface area contributed by atoms with E-state index < -0.39 is 0 Å². The first-order chi connectivity index (χ1) is 16.0. The number of hydrogen-bond acceptors (Lipinski definition) is 3. The van der Waals surface area contributed by atoms with Crippen molar-refractivity contribution in [1.82, 2.24) is 0 Å². The van der Waals surface area contributed by atoms with Crippen LogP contribution in [0.1, 0.15) is 119 Å². The fourth-order valence-corrected chi connectivity index (χ4v) is 9.18. The average Bonchev–Trinajstić information content (AvgIpc) is 3.10. The van der Waals surface area contributed by atoms with Gasteiger partial charge in [-0.25, -0.2) is 0 Å². The number of carbonyl (C=O) groups excluding carboxylic acids is 2. The first-order valence-electron chi connectivity index (χ1n) is 14.4. The number of hydrogen-bond donors (Lipinski definition) is 0. The Kier molecular flexibility index (Phi) is 7.71. The van der Waals surface area contributed by atoms with E-state index in [0.29, 0.717) is 5.41 Å². The largest absolute Gasteiger partial charge is 0.462 e. The van der Waals surface area contributed by atoms with Crippen molar-refractivity contribution in [1.29, 1.82) is 0 Å². The van der Waals surface area contributed by atoms with Crippen LogP contribution in [0.3, 0.4) is 0 Å². The van der Waals surface area contributed by atoms with Crippen LogP contribution in [0.4, 0.5) is 0 Å². The number of ketones is 1. The number of carbonyl (C=O) groups is 2. The summed E-state index contributed by atoms with van der Waals surface area (Å²) in [6, 6.07) is 0. The summed E-state index contributed by atoms with van der Waals surface area (Å²) in [5.74, 6) is 4.63. The van der Waals surface area contributed by atoms with Crippen molar-refractivity contribution < 1.29 is 14.3 Å². The number of allylic oxidation sites excluding steroid dienone is 1. The molecule has 4 rings (SSSR count). The third-order valence-electron chi connectivity index (χ3n) is 11.0. The van der Waals surface area contributed by atoms with Crippen LogP contribution >= 0.6 is 0 Å². The van der Waals surface area contributed by atoms with E-state index in [0.717, 1.165) is 54.8 Å². The third kappa shape index (κ3) is 4.92. The summed E-state index contributed by atoms with van der Waals surface area (Å²) in [6.07, 6.45) is 16.4. The molecule has 0 N–H and O–H groups in total. The van der Waals surface area contributed by atoms with Gasteiger partial charge in [-0.15, -0.1) is 0 Å². The average molecular weight is 471 g/mol. The Hall–Kier alpha value is -1.12. The molecule has 0 aromatic carbocycles. The smallest absolute Gasteiger partial charge is 0.313 e. The summed E-state index contributed by atoms with van der Waals surface area (Å²) in [4.78, 5) is 23.4. The van der Waals surface area contributed by atoms with Crippen molar-refractivity contribution in [2.24, 2.45) is 46.3 Å². The molecule has 3 fully saturated rings. The molecule has 4 aliphatic rings. The second-order valence-corrected chi connectivity index (χ2v) is 13.5. The molecule has 0 aliphatic heterocycles. The van der Waals surface area contributed by atoms with Gasteiger partial charge in [-0.3, -0.25) is 9.59 Å². The highest BCUT2D eigenvalue weighted by molar-refractivity contribution is 5.94. The summed E-state index contributed by atoms with van der Waals surface area (Å²) in [5.41, 5.74) is 2.34. The molecule has 3 saturated carbocycles. The lowest BCUT2D eigenvalue weighted by atomic mass is 9.47. The molecular formula is C31H50O3. The molecule has 34 heavy (non-hydrogen) atoms. The van der Waals surface area contributed by atoms with Gasteiger partial charge in [0.05, 0.1) is 0 Å². The number of rotatable bonds is 8. The molecule has 0 amide bonds. The monoisotopic (exact) mass is 470 g/mol. The van der Waals surface area contributed by atoms with E-state index in [4.69, 9.17) is 4.74 Å². The molecule has 0 saturated heterocycles. The molecule has 0 spiro atoms. The molecule has 0 aromatic heterocycles. The highest BCUT2D eigenvalue weighted by Crippen LogP contribution is 2.67. The van der Waals surface area contributed by atoms with E-state index in [-0.39, 0.29) is 29.7 Å². The van der Waals surface area contributed by atoms with Crippen molar-refractivity contribution in [2.45, 2.75) is 125 Å². The molecule has 4 aliphatic carbocycles. The van der Waals surface area contributed by atoms with Crippen molar-refractivity contribution in [2.75, 3.05) is 0 Å². The number of ether oxygens (including phenoxy) is 1. The van der Waals surface area contributed by atoms with Crippen LogP contribution in [0.5, 0.6) is 0 Å². The van der Waals surface area contributed by atoms with Crippen LogP contribution in [0, 0.1) is 46.3 Å². The fourth-order valence-electron chi connectivity index (χ4n) is 9.18. The third-order valence-corrected chi connectivity index (χ3v) is 11.0. The predicted molar refractivity (Wildman–Crippen MR) is 138 cm³/mol. The van der Waals surface area contributed by atoms with Crippen LogP contribution in [-0.4, -0.2) is 17.9 Å². The molecule has 192 valence electrons. The zero-order valence-electron chi connectivity index (χ0n) is 22.8. The lowest BCUT2D eigenvalue weighted by Gasteiger charge is -2.58. The van der Waals surface area contributed by atoms with Crippen LogP contribution < -0.4 is 0 Å². The molecular weight excluding hydrogens is 420 g/mol. The van der Waals surface area contributed by atoms with Gasteiger partial charge in [0.1, 0.15) is 18.3 Å². The van der Waals surface area contributed by atoms with E-state index in [9.17, 15) is 9.59 Å². The first-order valence-corrected chi connectivity index (χ1v) is 14.4. The normalized spacial score (nSPS) is 40.1. The zero-order valence-corrected chi connectivity index (χ0v) is 22.8. The maximum atomic E-state index is 12.1. The van der Waals surface area contributed by atoms with Crippen LogP contribution in [0.2, 0.25) is 0 Å². The lowest BCUT2D eigenvalue weighted by Crippen LogP contribution is -2.51. The van der Waals surface area contributed by atoms with Gasteiger partial charge in [0, 0.05) is 6.42 Å². The molecule has 8 atom stereocenters. The minimum absolute atomic E-state index is 0.0425. The predicted octanol–water partition coefficient (Wildman–Crippen LogP) is 7.92. The highest BCUT2D eigenvalue weighted by atomic mass is 16.5. The van der Waals surface area contributed by atoms with E-state index in [2.05, 4.69) is 40.7 Å². The minimum atomic E-state index is -0.344. The first kappa shape index (κ1) is 26.0. The molecule has 3 nitrogen and oxygen atoms in total. The second-order valence-electron chi connectivity index (χ2n) is 13.5. The van der Waals surface area contributed by atoms with E-state index in [1.165, 1.54) is 58.3 Å². The maximum absolute atomic E-state index is 12.1. The van der Waals surface area contributed by atoms with Gasteiger partial charge in [-0.2, -0.15) is 0 Å². The minimum Gasteiger partial charge on any atom is -0.462 e. The van der Waals surface area contributed by atoms with Gasteiger partial charge in [0.2, 0.25) is 0 Å². The van der Waals surface area contributed by atoms with Crippen LogP contribution in [-0.2, 0) is 14.3 Å². The van der Waals surface area contributed by atoms with Crippen molar-refractivity contribution in [3.8, 4) is 0 Å². The van der Waals surface area contributed by atoms with Crippen molar-refractivity contribution in [3.05, 3.63) is 11.6 Å². The molecule has 0 aromatic rings. The van der Waals surface area contributed by atoms with Gasteiger partial charge in [-0.05, 0) is 98.2 Å². The SMILES string of the molecule is CC(=O)CC(=O)O[C@H]1CC[C@@]2(C)C(=CC[C@@H]3[C@H]4CC[C@@H]([C@@H](C)CCCC(C)C)[C@@]4(C)CC[C@H]32)C1. The Morgan fingerprint density at radius 2 is 1.79 bits per heavy atom. The Bertz CT molecular complexity index is 796. The molecule has 0 heterocycles. The number of fused-ring (bicyclic) bond motifs is 5. The lowest BCUT2D eigenvalue weighted by molar-refractivity contribution is -0.153. The van der Waals surface area contributed by atoms with Gasteiger partial charge < -0.3 is 4.74 Å². The Labute approximate surface area is 208 Å². The molecule has 0 bridgehead atoms. The van der Waals surface area contributed by atoms with E-state index >= 15 is 0 Å². The summed E-state index contributed by atoms with van der Waals surface area (Å²) in [6.45, 7) is 13.9. The fraction of sp³-hybridized carbons (Fsp3) is 0.871. The van der Waals surface area contributed by atoms with Gasteiger partial charge in [-0.1, -0.05) is 65.5 Å². The second kappa shape index (κ2) is 10.1. The van der Waals surface area contributed by atoms with Gasteiger partial charge in [0.15, 0.2) is 0 Å². The molecule has 3 heteroatoms. The number of Topliss-reactive ketones (excluding diaryl/α,β-unsaturated/α-hetero) is 1. The standard InChI is InChI=1S/C31H50O3/c1-20(2)8-7-9-21(3)26-12-13-27-25-11-10-23-19-24(34-29(33)18-22(4)32)14-16-30(23,5)28(25)15-17-31(26,27)6/h10,20-21,24-28H,7-9,11-19H2,1-6H3/t21-,24-,25+,26-,27+,28+,30-,31+/m0/s1. The van der Waals surface area contributed by atoms with Crippen molar-refractivity contribution >= 4 is 11.8 Å². The highest BCUT2D eigenvalue weighted by Gasteiger charge is 2.59. The number of esters is 1. The van der Waals surface area contributed by atoms with Crippen LogP contribution in [0.15, 0.2) is 11.6 Å². The summed E-state index contributed by atoms with van der Waals surface area (Å²) < 4.78 is 5.70. The van der Waals surface area contributed by atoms with Gasteiger partial charge >= 0.3 is 5.97 Å². The summed E-state index contributed by atoms with van der Waals surface area (Å²) >= 11 is 0. The Balaban J connectivity index is 1.43. The Morgan fingerprint density at radius 1 is 1.03 bits per heavy atom. The zero-order chi connectivity index (χ0) is 24.7. The summed E-state index contributed by atoms with van der Waals surface area (Å²) in [7, 11) is 0. The summed E-state index contributed by atoms with van der Waals surface area (Å²) in [5, 5.41) is 0. The van der Waals surface area contributed by atoms with Gasteiger partial charge in [0.25, 0.3) is 0 Å². The Morgan fingerprint density at radius 3 is 2.50 bits per heavy atom. The van der Waals surface area contributed by atoms with E-state index in [1.807, 2.05) is 0 Å². The van der Waals surface area contributed by atoms with E-state index in [1.54, 1.807) is 5.57 Å². The molecule has 0 radical (unpaired) electrons. The quantitative estimate of drug-likeness (QED) is 0.205. The topological polar surface area (TPSA) is 43.4 Å². The molecule has 0 unspecified atom stereocenters. The maximum Gasteiger partial charge on any atom is 0.313 e. The van der Waals surface area contributed by atoms with Crippen molar-refractivity contribution in [3.63, 3.8) is 0 Å². The van der Waals surface area contributed by atoms with Crippen LogP contribution in [0.25, 0.3) is 0 Å².